The molecule has 0 unspecified atom stereocenters. The van der Waals surface area contributed by atoms with Gasteiger partial charge in [-0.05, 0) is 31.2 Å². The maximum absolute atomic E-state index is 12.8. The van der Waals surface area contributed by atoms with Crippen molar-refractivity contribution in [2.75, 3.05) is 18.1 Å². The largest absolute Gasteiger partial charge is 0.474 e. The number of hydrogen-bond acceptors (Lipinski definition) is 5. The Hall–Kier alpha value is -2.67. The molecule has 0 saturated heterocycles. The van der Waals surface area contributed by atoms with Crippen LogP contribution >= 0.6 is 11.6 Å². The number of pyridine rings is 1. The maximum Gasteiger partial charge on any atom is 0.283 e. The topological polar surface area (TPSA) is 85.6 Å². The Kier molecular flexibility index (Phi) is 3.87. The fourth-order valence-electron chi connectivity index (χ4n) is 2.38. The number of carbonyl (C=O) groups excluding carboxylic acids is 1. The van der Waals surface area contributed by atoms with Crippen molar-refractivity contribution in [2.24, 2.45) is 0 Å². The summed E-state index contributed by atoms with van der Waals surface area (Å²) in [5.41, 5.74) is 0.912. The third-order valence-corrected chi connectivity index (χ3v) is 3.69. The van der Waals surface area contributed by atoms with Crippen molar-refractivity contribution in [3.05, 3.63) is 56.7 Å². The number of aryl methyl sites for hydroxylation is 1. The van der Waals surface area contributed by atoms with Crippen molar-refractivity contribution >= 4 is 28.9 Å². The Bertz CT molecular complexity index is 809. The van der Waals surface area contributed by atoms with Crippen molar-refractivity contribution in [3.63, 3.8) is 0 Å². The number of rotatable bonds is 2. The number of hydrogen-bond donors (Lipinski definition) is 0. The maximum atomic E-state index is 12.8. The first-order chi connectivity index (χ1) is 11.0. The van der Waals surface area contributed by atoms with Gasteiger partial charge in [-0.3, -0.25) is 19.8 Å². The molecule has 3 rings (SSSR count). The van der Waals surface area contributed by atoms with Crippen LogP contribution in [0.3, 0.4) is 0 Å². The lowest BCUT2D eigenvalue weighted by molar-refractivity contribution is -0.385. The SMILES string of the molecule is Cc1ccc2c(n1)OCCN2C(=O)c1ccc(Cl)cc1[N+](=O)[O-]. The van der Waals surface area contributed by atoms with Crippen molar-refractivity contribution in [1.82, 2.24) is 4.98 Å². The van der Waals surface area contributed by atoms with Crippen molar-refractivity contribution in [3.8, 4) is 5.88 Å². The molecule has 0 spiro atoms. The van der Waals surface area contributed by atoms with Crippen LogP contribution in [0.1, 0.15) is 16.1 Å². The average molecular weight is 334 g/mol. The monoisotopic (exact) mass is 333 g/mol. The van der Waals surface area contributed by atoms with Gasteiger partial charge in [0.25, 0.3) is 11.6 Å². The number of carbonyl (C=O) groups is 1. The first-order valence-corrected chi connectivity index (χ1v) is 7.21. The van der Waals surface area contributed by atoms with E-state index in [2.05, 4.69) is 4.98 Å². The van der Waals surface area contributed by atoms with Crippen LogP contribution in [-0.2, 0) is 0 Å². The molecular weight excluding hydrogens is 322 g/mol. The van der Waals surface area contributed by atoms with Gasteiger partial charge >= 0.3 is 0 Å². The molecule has 1 amide bonds. The van der Waals surface area contributed by atoms with Gasteiger partial charge in [0.2, 0.25) is 5.88 Å². The highest BCUT2D eigenvalue weighted by molar-refractivity contribution is 6.31. The molecular formula is C15H12ClN3O4. The molecule has 8 heteroatoms. The van der Waals surface area contributed by atoms with E-state index in [-0.39, 0.29) is 29.4 Å². The summed E-state index contributed by atoms with van der Waals surface area (Å²) in [6.45, 7) is 2.38. The van der Waals surface area contributed by atoms with Crippen LogP contribution in [-0.4, -0.2) is 29.0 Å². The quantitative estimate of drug-likeness (QED) is 0.623. The molecule has 0 aliphatic carbocycles. The van der Waals surface area contributed by atoms with Gasteiger partial charge in [0.05, 0.1) is 11.5 Å². The van der Waals surface area contributed by atoms with E-state index in [4.69, 9.17) is 16.3 Å². The summed E-state index contributed by atoms with van der Waals surface area (Å²) in [6, 6.07) is 7.46. The Balaban J connectivity index is 2.05. The van der Waals surface area contributed by atoms with Crippen LogP contribution in [0.2, 0.25) is 5.02 Å². The molecule has 23 heavy (non-hydrogen) atoms. The van der Waals surface area contributed by atoms with E-state index in [9.17, 15) is 14.9 Å². The van der Waals surface area contributed by atoms with Gasteiger partial charge in [0.1, 0.15) is 17.9 Å². The number of nitro groups is 1. The smallest absolute Gasteiger partial charge is 0.283 e. The van der Waals surface area contributed by atoms with E-state index in [0.717, 1.165) is 5.69 Å². The number of aromatic nitrogens is 1. The van der Waals surface area contributed by atoms with E-state index in [1.54, 1.807) is 12.1 Å². The normalized spacial score (nSPS) is 13.2. The van der Waals surface area contributed by atoms with Gasteiger partial charge in [0, 0.05) is 16.8 Å². The number of benzene rings is 1. The number of nitro benzene ring substituents is 1. The first-order valence-electron chi connectivity index (χ1n) is 6.83. The zero-order valence-electron chi connectivity index (χ0n) is 12.2. The summed E-state index contributed by atoms with van der Waals surface area (Å²) < 4.78 is 5.46. The molecule has 2 aromatic rings. The highest BCUT2D eigenvalue weighted by Gasteiger charge is 2.30. The summed E-state index contributed by atoms with van der Waals surface area (Å²) in [4.78, 5) is 29.0. The van der Waals surface area contributed by atoms with E-state index in [1.807, 2.05) is 6.92 Å². The van der Waals surface area contributed by atoms with Gasteiger partial charge < -0.3 is 4.74 Å². The van der Waals surface area contributed by atoms with Crippen molar-refractivity contribution in [2.45, 2.75) is 6.92 Å². The minimum Gasteiger partial charge on any atom is -0.474 e. The molecule has 0 fully saturated rings. The van der Waals surface area contributed by atoms with E-state index < -0.39 is 10.8 Å². The number of fused-ring (bicyclic) bond motifs is 1. The minimum atomic E-state index is -0.617. The second-order valence-corrected chi connectivity index (χ2v) is 5.44. The molecule has 7 nitrogen and oxygen atoms in total. The van der Waals surface area contributed by atoms with E-state index >= 15 is 0 Å². The second kappa shape index (κ2) is 5.85. The second-order valence-electron chi connectivity index (χ2n) is 5.00. The summed E-state index contributed by atoms with van der Waals surface area (Å²) >= 11 is 5.79. The first kappa shape index (κ1) is 15.2. The Labute approximate surface area is 136 Å². The number of anilines is 1. The van der Waals surface area contributed by atoms with Crippen LogP contribution in [0.15, 0.2) is 30.3 Å². The molecule has 0 saturated carbocycles. The van der Waals surface area contributed by atoms with Gasteiger partial charge in [-0.2, -0.15) is 0 Å². The fraction of sp³-hybridized carbons (Fsp3) is 0.200. The molecule has 1 aromatic carbocycles. The zero-order valence-corrected chi connectivity index (χ0v) is 12.9. The number of halogens is 1. The number of ether oxygens (including phenoxy) is 1. The molecule has 118 valence electrons. The molecule has 0 atom stereocenters. The summed E-state index contributed by atoms with van der Waals surface area (Å²) in [6.07, 6.45) is 0. The van der Waals surface area contributed by atoms with E-state index in [0.29, 0.717) is 11.6 Å². The number of nitrogens with zero attached hydrogens (tertiary/aromatic N) is 3. The third-order valence-electron chi connectivity index (χ3n) is 3.46. The average Bonchev–Trinajstić information content (AvgIpc) is 2.53. The molecule has 0 N–H and O–H groups in total. The molecule has 0 radical (unpaired) electrons. The molecule has 1 aromatic heterocycles. The lowest BCUT2D eigenvalue weighted by Crippen LogP contribution is -2.38. The van der Waals surface area contributed by atoms with Gasteiger partial charge in [-0.1, -0.05) is 11.6 Å². The van der Waals surface area contributed by atoms with Crippen LogP contribution in [0.5, 0.6) is 5.88 Å². The van der Waals surface area contributed by atoms with Crippen molar-refractivity contribution < 1.29 is 14.5 Å². The van der Waals surface area contributed by atoms with Crippen LogP contribution < -0.4 is 9.64 Å². The third kappa shape index (κ3) is 2.83. The Morgan fingerprint density at radius 1 is 1.39 bits per heavy atom. The fourth-order valence-corrected chi connectivity index (χ4v) is 2.55. The Morgan fingerprint density at radius 3 is 2.91 bits per heavy atom. The lowest BCUT2D eigenvalue weighted by Gasteiger charge is -2.28. The number of amides is 1. The Morgan fingerprint density at radius 2 is 2.17 bits per heavy atom. The van der Waals surface area contributed by atoms with Crippen LogP contribution in [0.25, 0.3) is 0 Å². The predicted molar refractivity (Wildman–Crippen MR) is 84.3 cm³/mol. The molecule has 1 aliphatic heterocycles. The van der Waals surface area contributed by atoms with Crippen molar-refractivity contribution in [1.29, 1.82) is 0 Å². The van der Waals surface area contributed by atoms with Crippen LogP contribution in [0, 0.1) is 17.0 Å². The van der Waals surface area contributed by atoms with Crippen LogP contribution in [0.4, 0.5) is 11.4 Å². The van der Waals surface area contributed by atoms with E-state index in [1.165, 1.54) is 23.1 Å². The minimum absolute atomic E-state index is 0.0205. The predicted octanol–water partition coefficient (Wildman–Crippen LogP) is 2.99. The van der Waals surface area contributed by atoms with Gasteiger partial charge in [0.15, 0.2) is 0 Å². The summed E-state index contributed by atoms with van der Waals surface area (Å²) in [7, 11) is 0. The van der Waals surface area contributed by atoms with Gasteiger partial charge in [-0.15, -0.1) is 0 Å². The summed E-state index contributed by atoms with van der Waals surface area (Å²) in [5.74, 6) is -0.134. The standard InChI is InChI=1S/C15H12ClN3O4/c1-9-2-5-12-14(17-9)23-7-6-18(12)15(20)11-4-3-10(16)8-13(11)19(21)22/h2-5,8H,6-7H2,1H3. The molecule has 0 bridgehead atoms. The highest BCUT2D eigenvalue weighted by Crippen LogP contribution is 2.32. The summed E-state index contributed by atoms with van der Waals surface area (Å²) in [5, 5.41) is 11.4. The lowest BCUT2D eigenvalue weighted by atomic mass is 10.1. The van der Waals surface area contributed by atoms with Gasteiger partial charge in [-0.25, -0.2) is 4.98 Å². The zero-order chi connectivity index (χ0) is 16.6. The highest BCUT2D eigenvalue weighted by atomic mass is 35.5. The molecule has 2 heterocycles. The molecule has 1 aliphatic rings.